The average Bonchev–Trinajstić information content (AvgIpc) is 3.05. The van der Waals surface area contributed by atoms with Crippen LogP contribution in [0.3, 0.4) is 0 Å². The van der Waals surface area contributed by atoms with Crippen LogP contribution in [0.5, 0.6) is 0 Å². The lowest BCUT2D eigenvalue weighted by molar-refractivity contribution is -0.276. The minimum absolute atomic E-state index is 0.00991. The van der Waals surface area contributed by atoms with Gasteiger partial charge in [-0.2, -0.15) is 0 Å². The minimum atomic E-state index is -0.550. The quantitative estimate of drug-likeness (QED) is 0.183. The predicted octanol–water partition coefficient (Wildman–Crippen LogP) is 6.59. The van der Waals surface area contributed by atoms with E-state index < -0.39 is 6.29 Å². The van der Waals surface area contributed by atoms with Crippen molar-refractivity contribution in [1.82, 2.24) is 15.5 Å². The molecule has 7 nitrogen and oxygen atoms in total. The van der Waals surface area contributed by atoms with Gasteiger partial charge in [-0.05, 0) is 59.5 Å². The van der Waals surface area contributed by atoms with Crippen LogP contribution in [-0.4, -0.2) is 42.3 Å². The fourth-order valence-corrected chi connectivity index (χ4v) is 5.73. The Hall–Kier alpha value is -4.01. The van der Waals surface area contributed by atoms with Crippen LogP contribution in [-0.2, 0) is 29.2 Å². The molecule has 0 aromatic heterocycles. The highest BCUT2D eigenvalue weighted by atomic mass is 16.7. The molecular formula is C37H43N3O4. The van der Waals surface area contributed by atoms with E-state index in [1.807, 2.05) is 43.3 Å². The summed E-state index contributed by atoms with van der Waals surface area (Å²) in [6, 6.07) is 34.8. The number of aliphatic hydroxyl groups excluding tert-OH is 1. The number of rotatable bonds is 11. The Labute approximate surface area is 260 Å². The molecule has 7 heteroatoms. The molecule has 44 heavy (non-hydrogen) atoms. The van der Waals surface area contributed by atoms with Crippen molar-refractivity contribution < 1.29 is 19.4 Å². The number of carbonyl (C=O) groups excluding carboxylic acids is 1. The molecule has 230 valence electrons. The Morgan fingerprint density at radius 1 is 0.795 bits per heavy atom. The van der Waals surface area contributed by atoms with Crippen LogP contribution in [0, 0.1) is 5.92 Å². The van der Waals surface area contributed by atoms with Crippen LogP contribution in [0.1, 0.15) is 54.1 Å². The van der Waals surface area contributed by atoms with Gasteiger partial charge in [0.25, 0.3) is 0 Å². The van der Waals surface area contributed by atoms with E-state index in [1.165, 1.54) is 5.56 Å². The number of nitrogens with zero attached hydrogens (tertiary/aromatic N) is 1. The Morgan fingerprint density at radius 3 is 2.23 bits per heavy atom. The van der Waals surface area contributed by atoms with Crippen molar-refractivity contribution in [2.75, 3.05) is 20.1 Å². The molecule has 0 bridgehead atoms. The number of hydrogen-bond donors (Lipinski definition) is 3. The molecule has 4 aromatic carbocycles. The monoisotopic (exact) mass is 593 g/mol. The van der Waals surface area contributed by atoms with Gasteiger partial charge in [0.15, 0.2) is 6.29 Å². The molecule has 0 radical (unpaired) electrons. The SMILES string of the molecule is CCNC(=O)NCc1cccc(-c2cccc([C@@H]3O[C@H](CN(C)Cc4ccccc4)[C@H](C)[C@H](c4ccc(CO)cc4)O3)c2)c1. The lowest BCUT2D eigenvalue weighted by Crippen LogP contribution is -2.43. The normalized spacial score (nSPS) is 19.9. The second-order valence-corrected chi connectivity index (χ2v) is 11.5. The fourth-order valence-electron chi connectivity index (χ4n) is 5.73. The summed E-state index contributed by atoms with van der Waals surface area (Å²) >= 11 is 0. The maximum Gasteiger partial charge on any atom is 0.315 e. The van der Waals surface area contributed by atoms with E-state index in [0.29, 0.717) is 13.1 Å². The second kappa shape index (κ2) is 15.1. The van der Waals surface area contributed by atoms with Gasteiger partial charge in [-0.15, -0.1) is 0 Å². The third-order valence-electron chi connectivity index (χ3n) is 8.12. The van der Waals surface area contributed by atoms with Crippen LogP contribution in [0.25, 0.3) is 11.1 Å². The van der Waals surface area contributed by atoms with Crippen molar-refractivity contribution in [1.29, 1.82) is 0 Å². The summed E-state index contributed by atoms with van der Waals surface area (Å²) in [5.41, 5.74) is 7.29. The number of hydrogen-bond acceptors (Lipinski definition) is 5. The predicted molar refractivity (Wildman–Crippen MR) is 174 cm³/mol. The highest BCUT2D eigenvalue weighted by molar-refractivity contribution is 5.74. The van der Waals surface area contributed by atoms with Crippen molar-refractivity contribution in [3.8, 4) is 11.1 Å². The summed E-state index contributed by atoms with van der Waals surface area (Å²) in [6.45, 7) is 6.71. The molecule has 0 unspecified atom stereocenters. The smallest absolute Gasteiger partial charge is 0.315 e. The van der Waals surface area contributed by atoms with Crippen molar-refractivity contribution in [3.63, 3.8) is 0 Å². The maximum atomic E-state index is 11.9. The Kier molecular flexibility index (Phi) is 10.8. The van der Waals surface area contributed by atoms with E-state index in [9.17, 15) is 9.90 Å². The second-order valence-electron chi connectivity index (χ2n) is 11.5. The van der Waals surface area contributed by atoms with Gasteiger partial charge in [0.1, 0.15) is 0 Å². The van der Waals surface area contributed by atoms with Crippen LogP contribution in [0.2, 0.25) is 0 Å². The van der Waals surface area contributed by atoms with Crippen molar-refractivity contribution in [3.05, 3.63) is 131 Å². The van der Waals surface area contributed by atoms with Gasteiger partial charge in [0.2, 0.25) is 0 Å². The number of ether oxygens (including phenoxy) is 2. The van der Waals surface area contributed by atoms with Crippen molar-refractivity contribution >= 4 is 6.03 Å². The summed E-state index contributed by atoms with van der Waals surface area (Å²) in [4.78, 5) is 14.2. The molecule has 1 aliphatic heterocycles. The average molecular weight is 594 g/mol. The summed E-state index contributed by atoms with van der Waals surface area (Å²) in [5.74, 6) is 0.0988. The number of carbonyl (C=O) groups is 1. The maximum absolute atomic E-state index is 11.9. The highest BCUT2D eigenvalue weighted by Crippen LogP contribution is 2.42. The molecule has 0 aliphatic carbocycles. The number of amides is 2. The summed E-state index contributed by atoms with van der Waals surface area (Å²) in [5, 5.41) is 15.2. The van der Waals surface area contributed by atoms with Gasteiger partial charge in [0.05, 0.1) is 18.8 Å². The van der Waals surface area contributed by atoms with E-state index in [1.54, 1.807) is 0 Å². The zero-order chi connectivity index (χ0) is 30.9. The number of urea groups is 1. The number of likely N-dealkylation sites (N-methyl/N-ethyl adjacent to an activating group) is 1. The van der Waals surface area contributed by atoms with E-state index in [2.05, 4.69) is 96.2 Å². The summed E-state index contributed by atoms with van der Waals surface area (Å²) in [7, 11) is 2.13. The van der Waals surface area contributed by atoms with Gasteiger partial charge in [-0.3, -0.25) is 4.90 Å². The molecule has 1 heterocycles. The molecule has 0 saturated carbocycles. The number of benzene rings is 4. The van der Waals surface area contributed by atoms with Crippen molar-refractivity contribution in [2.45, 2.75) is 52.0 Å². The molecule has 2 amide bonds. The first-order valence-electron chi connectivity index (χ1n) is 15.4. The topological polar surface area (TPSA) is 83.1 Å². The zero-order valence-corrected chi connectivity index (χ0v) is 25.8. The van der Waals surface area contributed by atoms with Gasteiger partial charge < -0.3 is 25.2 Å². The minimum Gasteiger partial charge on any atom is -0.392 e. The highest BCUT2D eigenvalue weighted by Gasteiger charge is 2.38. The fraction of sp³-hybridized carbons (Fsp3) is 0.324. The largest absolute Gasteiger partial charge is 0.392 e. The third kappa shape index (κ3) is 8.12. The number of nitrogens with one attached hydrogen (secondary N) is 2. The lowest BCUT2D eigenvalue weighted by atomic mass is 9.90. The zero-order valence-electron chi connectivity index (χ0n) is 25.8. The van der Waals surface area contributed by atoms with E-state index >= 15 is 0 Å². The van der Waals surface area contributed by atoms with E-state index in [-0.39, 0.29) is 30.8 Å². The molecule has 3 N–H and O–H groups in total. The number of aliphatic hydroxyl groups is 1. The van der Waals surface area contributed by atoms with E-state index in [4.69, 9.17) is 9.47 Å². The van der Waals surface area contributed by atoms with Gasteiger partial charge >= 0.3 is 6.03 Å². The van der Waals surface area contributed by atoms with Crippen LogP contribution < -0.4 is 10.6 Å². The molecular weight excluding hydrogens is 550 g/mol. The first kappa shape index (κ1) is 31.4. The standard InChI is InChI=1S/C37H43N3O4/c1-4-38-37(42)39-22-29-12-8-13-31(20-29)32-14-9-15-33(21-32)36-43-34(24-40(3)23-27-10-6-5-7-11-27)26(2)35(44-36)30-18-16-28(25-41)17-19-30/h5-21,26,34-36,41H,4,22-25H2,1-3H3,(H2,38,39,42)/t26-,34+,35+,36+/m0/s1. The lowest BCUT2D eigenvalue weighted by Gasteiger charge is -2.42. The molecule has 1 saturated heterocycles. The van der Waals surface area contributed by atoms with Gasteiger partial charge in [0, 0.05) is 37.7 Å². The first-order valence-corrected chi connectivity index (χ1v) is 15.4. The molecule has 5 rings (SSSR count). The molecule has 1 aliphatic rings. The third-order valence-corrected chi connectivity index (χ3v) is 8.12. The molecule has 4 atom stereocenters. The Morgan fingerprint density at radius 2 is 1.50 bits per heavy atom. The van der Waals surface area contributed by atoms with Crippen LogP contribution in [0.15, 0.2) is 103 Å². The molecule has 0 spiro atoms. The molecule has 4 aromatic rings. The van der Waals surface area contributed by atoms with Crippen LogP contribution >= 0.6 is 0 Å². The van der Waals surface area contributed by atoms with Gasteiger partial charge in [-0.25, -0.2) is 4.79 Å². The van der Waals surface area contributed by atoms with Crippen molar-refractivity contribution in [2.24, 2.45) is 5.92 Å². The van der Waals surface area contributed by atoms with Gasteiger partial charge in [-0.1, -0.05) is 97.9 Å². The summed E-state index contributed by atoms with van der Waals surface area (Å²) in [6.07, 6.45) is -0.798. The Bertz CT molecular complexity index is 1490. The first-order chi connectivity index (χ1) is 21.4. The van der Waals surface area contributed by atoms with Crippen LogP contribution in [0.4, 0.5) is 4.79 Å². The Balaban J connectivity index is 1.38. The summed E-state index contributed by atoms with van der Waals surface area (Å²) < 4.78 is 13.5. The van der Waals surface area contributed by atoms with E-state index in [0.717, 1.165) is 46.5 Å². The molecule has 1 fully saturated rings.